The average Bonchev–Trinajstić information content (AvgIpc) is 2.48. The second-order valence-electron chi connectivity index (χ2n) is 4.69. The Morgan fingerprint density at radius 2 is 1.50 bits per heavy atom. The Balaban J connectivity index is 2.03. The number of carbonyl (C=O) groups excluding carboxylic acids is 2. The molecule has 0 bridgehead atoms. The molecule has 3 rings (SSSR count). The summed E-state index contributed by atoms with van der Waals surface area (Å²) in [4.78, 5) is 25.7. The van der Waals surface area contributed by atoms with Crippen LogP contribution in [0, 0.1) is 0 Å². The Kier molecular flexibility index (Phi) is 3.21. The van der Waals surface area contributed by atoms with E-state index in [-0.39, 0.29) is 18.4 Å². The maximum Gasteiger partial charge on any atom is 0.253 e. The zero-order chi connectivity index (χ0) is 13.9. The lowest BCUT2D eigenvalue weighted by atomic mass is 10.0. The van der Waals surface area contributed by atoms with Crippen molar-refractivity contribution in [3.8, 4) is 0 Å². The first-order chi connectivity index (χ1) is 9.75. The normalized spacial score (nSPS) is 18.8. The van der Waals surface area contributed by atoms with Gasteiger partial charge in [-0.2, -0.15) is 0 Å². The van der Waals surface area contributed by atoms with Gasteiger partial charge in [0.25, 0.3) is 5.91 Å². The first kappa shape index (κ1) is 12.4. The quantitative estimate of drug-likeness (QED) is 0.844. The van der Waals surface area contributed by atoms with Crippen molar-refractivity contribution in [1.29, 1.82) is 0 Å². The van der Waals surface area contributed by atoms with Crippen molar-refractivity contribution in [1.82, 2.24) is 5.32 Å². The highest BCUT2D eigenvalue weighted by Crippen LogP contribution is 2.28. The molecule has 1 unspecified atom stereocenters. The van der Waals surface area contributed by atoms with Gasteiger partial charge in [-0.25, -0.2) is 0 Å². The van der Waals surface area contributed by atoms with E-state index in [0.717, 1.165) is 11.3 Å². The molecular weight excluding hydrogens is 252 g/mol. The van der Waals surface area contributed by atoms with Crippen LogP contribution in [0.2, 0.25) is 0 Å². The fraction of sp³-hybridized carbons (Fsp3) is 0.125. The molecule has 100 valence electrons. The summed E-state index contributed by atoms with van der Waals surface area (Å²) in [6, 6.07) is 18.5. The lowest BCUT2D eigenvalue weighted by Crippen LogP contribution is -2.53. The monoisotopic (exact) mass is 266 g/mol. The maximum atomic E-state index is 12.2. The van der Waals surface area contributed by atoms with Gasteiger partial charge >= 0.3 is 0 Å². The van der Waals surface area contributed by atoms with Crippen LogP contribution in [0.25, 0.3) is 0 Å². The number of nitrogens with one attached hydrogen (secondary N) is 1. The molecule has 1 atom stereocenters. The number of anilines is 1. The fourth-order valence-electron chi connectivity index (χ4n) is 2.46. The number of benzene rings is 2. The molecule has 2 aromatic carbocycles. The van der Waals surface area contributed by atoms with Crippen molar-refractivity contribution in [2.45, 2.75) is 6.04 Å². The van der Waals surface area contributed by atoms with E-state index in [0.29, 0.717) is 0 Å². The topological polar surface area (TPSA) is 49.4 Å². The Hall–Kier alpha value is -2.62. The summed E-state index contributed by atoms with van der Waals surface area (Å²) < 4.78 is 0. The van der Waals surface area contributed by atoms with Crippen LogP contribution in [0.1, 0.15) is 11.6 Å². The summed E-state index contributed by atoms with van der Waals surface area (Å²) in [5.41, 5.74) is 1.74. The van der Waals surface area contributed by atoms with Crippen LogP contribution in [0.4, 0.5) is 5.69 Å². The Labute approximate surface area is 117 Å². The minimum absolute atomic E-state index is 0.176. The lowest BCUT2D eigenvalue weighted by Gasteiger charge is -2.35. The highest BCUT2D eigenvalue weighted by atomic mass is 16.2. The number of nitrogens with zero attached hydrogens (tertiary/aromatic N) is 1. The number of para-hydroxylation sites is 1. The third-order valence-electron chi connectivity index (χ3n) is 3.34. The molecule has 2 aromatic rings. The predicted molar refractivity (Wildman–Crippen MR) is 76.1 cm³/mol. The van der Waals surface area contributed by atoms with Crippen LogP contribution in [-0.2, 0) is 9.59 Å². The standard InChI is InChI=1S/C16H14N2O2/c19-14-11-18(13-9-5-2-6-10-13)15(16(20)17-14)12-7-3-1-4-8-12/h1-10,15H,11H2,(H,17,19,20). The molecule has 20 heavy (non-hydrogen) atoms. The van der Waals surface area contributed by atoms with Crippen LogP contribution in [0.3, 0.4) is 0 Å². The van der Waals surface area contributed by atoms with E-state index >= 15 is 0 Å². The van der Waals surface area contributed by atoms with Gasteiger partial charge in [-0.3, -0.25) is 14.9 Å². The van der Waals surface area contributed by atoms with Crippen LogP contribution in [-0.4, -0.2) is 18.4 Å². The van der Waals surface area contributed by atoms with Gasteiger partial charge in [0.2, 0.25) is 5.91 Å². The van der Waals surface area contributed by atoms with Crippen LogP contribution in [0.15, 0.2) is 60.7 Å². The van der Waals surface area contributed by atoms with Gasteiger partial charge in [-0.05, 0) is 17.7 Å². The van der Waals surface area contributed by atoms with Gasteiger partial charge < -0.3 is 4.90 Å². The zero-order valence-electron chi connectivity index (χ0n) is 10.8. The van der Waals surface area contributed by atoms with Gasteiger partial charge in [0.15, 0.2) is 0 Å². The molecule has 4 nitrogen and oxygen atoms in total. The van der Waals surface area contributed by atoms with Gasteiger partial charge in [0.1, 0.15) is 6.04 Å². The van der Waals surface area contributed by atoms with Crippen molar-refractivity contribution >= 4 is 17.5 Å². The largest absolute Gasteiger partial charge is 0.346 e. The minimum atomic E-state index is -0.476. The molecule has 0 aromatic heterocycles. The number of amides is 2. The molecule has 1 heterocycles. The fourth-order valence-corrected chi connectivity index (χ4v) is 2.46. The van der Waals surface area contributed by atoms with Gasteiger partial charge in [0.05, 0.1) is 6.54 Å². The van der Waals surface area contributed by atoms with Crippen LogP contribution < -0.4 is 10.2 Å². The Morgan fingerprint density at radius 3 is 2.15 bits per heavy atom. The van der Waals surface area contributed by atoms with E-state index < -0.39 is 6.04 Å². The van der Waals surface area contributed by atoms with Crippen LogP contribution >= 0.6 is 0 Å². The molecule has 4 heteroatoms. The maximum absolute atomic E-state index is 12.2. The number of carbonyl (C=O) groups is 2. The third kappa shape index (κ3) is 2.28. The van der Waals surface area contributed by atoms with E-state index in [9.17, 15) is 9.59 Å². The van der Waals surface area contributed by atoms with E-state index in [1.807, 2.05) is 65.6 Å². The Bertz CT molecular complexity index is 625. The molecule has 0 spiro atoms. The van der Waals surface area contributed by atoms with Crippen molar-refractivity contribution < 1.29 is 9.59 Å². The first-order valence-electron chi connectivity index (χ1n) is 6.46. The number of hydrogen-bond acceptors (Lipinski definition) is 3. The van der Waals surface area contributed by atoms with Gasteiger partial charge in [0, 0.05) is 5.69 Å². The number of imide groups is 1. The van der Waals surface area contributed by atoms with Gasteiger partial charge in [-0.15, -0.1) is 0 Å². The summed E-state index contributed by atoms with van der Waals surface area (Å²) in [6.45, 7) is 0.176. The van der Waals surface area contributed by atoms with E-state index in [4.69, 9.17) is 0 Å². The van der Waals surface area contributed by atoms with Crippen molar-refractivity contribution in [2.24, 2.45) is 0 Å². The summed E-state index contributed by atoms with van der Waals surface area (Å²) in [5, 5.41) is 2.41. The van der Waals surface area contributed by atoms with E-state index in [2.05, 4.69) is 5.32 Å². The van der Waals surface area contributed by atoms with Crippen molar-refractivity contribution in [2.75, 3.05) is 11.4 Å². The summed E-state index contributed by atoms with van der Waals surface area (Å²) in [7, 11) is 0. The molecular formula is C16H14N2O2. The molecule has 1 saturated heterocycles. The predicted octanol–water partition coefficient (Wildman–Crippen LogP) is 1.89. The van der Waals surface area contributed by atoms with Crippen molar-refractivity contribution in [3.63, 3.8) is 0 Å². The molecule has 1 fully saturated rings. The summed E-state index contributed by atoms with van der Waals surface area (Å²) in [5.74, 6) is -0.553. The second kappa shape index (κ2) is 5.17. The Morgan fingerprint density at radius 1 is 0.900 bits per heavy atom. The molecule has 1 aliphatic rings. The van der Waals surface area contributed by atoms with Crippen molar-refractivity contribution in [3.05, 3.63) is 66.2 Å². The SMILES string of the molecule is O=C1CN(c2ccccc2)C(c2ccccc2)C(=O)N1. The minimum Gasteiger partial charge on any atom is -0.346 e. The smallest absolute Gasteiger partial charge is 0.253 e. The van der Waals surface area contributed by atoms with E-state index in [1.165, 1.54) is 0 Å². The lowest BCUT2D eigenvalue weighted by molar-refractivity contribution is -0.133. The average molecular weight is 266 g/mol. The third-order valence-corrected chi connectivity index (χ3v) is 3.34. The molecule has 1 aliphatic heterocycles. The number of hydrogen-bond donors (Lipinski definition) is 1. The van der Waals surface area contributed by atoms with Gasteiger partial charge in [-0.1, -0.05) is 48.5 Å². The second-order valence-corrected chi connectivity index (χ2v) is 4.69. The first-order valence-corrected chi connectivity index (χ1v) is 6.46. The molecule has 0 saturated carbocycles. The molecule has 2 amide bonds. The molecule has 1 N–H and O–H groups in total. The zero-order valence-corrected chi connectivity index (χ0v) is 10.8. The number of piperazine rings is 1. The number of rotatable bonds is 2. The van der Waals surface area contributed by atoms with Crippen LogP contribution in [0.5, 0.6) is 0 Å². The summed E-state index contributed by atoms with van der Waals surface area (Å²) in [6.07, 6.45) is 0. The highest BCUT2D eigenvalue weighted by molar-refractivity contribution is 6.05. The molecule has 0 aliphatic carbocycles. The molecule has 0 radical (unpaired) electrons. The van der Waals surface area contributed by atoms with E-state index in [1.54, 1.807) is 0 Å². The highest BCUT2D eigenvalue weighted by Gasteiger charge is 2.34. The summed E-state index contributed by atoms with van der Waals surface area (Å²) >= 11 is 0.